The van der Waals surface area contributed by atoms with Crippen molar-refractivity contribution in [2.24, 2.45) is 0 Å². The lowest BCUT2D eigenvalue weighted by atomic mass is 10.2. The first-order valence-electron chi connectivity index (χ1n) is 7.07. The molecule has 2 aromatic rings. The monoisotopic (exact) mass is 356 g/mol. The van der Waals surface area contributed by atoms with Crippen molar-refractivity contribution >= 4 is 35.4 Å². The van der Waals surface area contributed by atoms with Crippen molar-refractivity contribution in [1.29, 1.82) is 0 Å². The van der Waals surface area contributed by atoms with E-state index in [4.69, 9.17) is 27.9 Å². The summed E-state index contributed by atoms with van der Waals surface area (Å²) in [7, 11) is 0. The normalized spacial score (nSPS) is 10.6. The number of carbonyl (C=O) groups excluding carboxylic acids is 1. The largest absolute Gasteiger partial charge is 0.460 e. The highest BCUT2D eigenvalue weighted by atomic mass is 35.5. The Bertz CT molecular complexity index is 664. The van der Waals surface area contributed by atoms with E-state index >= 15 is 0 Å². The van der Waals surface area contributed by atoms with Gasteiger partial charge in [-0.25, -0.2) is 19.4 Å². The molecule has 0 saturated heterocycles. The maximum absolute atomic E-state index is 11.4. The van der Waals surface area contributed by atoms with Crippen LogP contribution in [-0.4, -0.2) is 31.8 Å². The number of pyridine rings is 1. The number of esters is 1. The maximum Gasteiger partial charge on any atom is 0.332 e. The fraction of sp³-hybridized carbons (Fsp3) is 0.333. The molecule has 2 rings (SSSR count). The molecule has 0 N–H and O–H groups in total. The lowest BCUT2D eigenvalue weighted by Crippen LogP contribution is -2.08. The minimum absolute atomic E-state index is 0.172. The highest BCUT2D eigenvalue weighted by molar-refractivity contribution is 6.32. The van der Waals surface area contributed by atoms with Crippen LogP contribution in [0.25, 0.3) is 17.6 Å². The van der Waals surface area contributed by atoms with Gasteiger partial charge >= 0.3 is 5.97 Å². The van der Waals surface area contributed by atoms with Crippen molar-refractivity contribution in [3.63, 3.8) is 0 Å². The second-order valence-electron chi connectivity index (χ2n) is 4.35. The zero-order chi connectivity index (χ0) is 17.4. The second-order valence-corrected chi connectivity index (χ2v) is 5.13. The molecule has 0 amide bonds. The number of aromatic nitrogens is 4. The number of nitrogens with zero attached hydrogens (tertiary/aromatic N) is 4. The fourth-order valence-electron chi connectivity index (χ4n) is 1.48. The van der Waals surface area contributed by atoms with E-state index in [-0.39, 0.29) is 16.4 Å². The first-order chi connectivity index (χ1) is 10.9. The lowest BCUT2D eigenvalue weighted by molar-refractivity contribution is -0.141. The standard InChI is InChI=1S/C13H12Cl2N4O2.C2H6/c1-8(2)21-12(20)3-4-19-7-16-13(18-19)9-5-10(14)17-11(15)6-9;1-2/h3-8H,1-2H3;1-2H3/b4-3-;. The van der Waals surface area contributed by atoms with E-state index in [2.05, 4.69) is 15.1 Å². The van der Waals surface area contributed by atoms with Crippen molar-refractivity contribution in [3.05, 3.63) is 34.8 Å². The number of rotatable bonds is 4. The molecule has 0 unspecified atom stereocenters. The molecule has 0 aliphatic heterocycles. The molecule has 0 fully saturated rings. The summed E-state index contributed by atoms with van der Waals surface area (Å²) in [6, 6.07) is 3.20. The third kappa shape index (κ3) is 6.38. The Kier molecular flexibility index (Phi) is 7.71. The number of hydrogen-bond acceptors (Lipinski definition) is 5. The fourth-order valence-corrected chi connectivity index (χ4v) is 1.94. The maximum atomic E-state index is 11.4. The topological polar surface area (TPSA) is 69.9 Å². The van der Waals surface area contributed by atoms with E-state index in [1.54, 1.807) is 26.0 Å². The molecule has 8 heteroatoms. The Morgan fingerprint density at radius 2 is 1.87 bits per heavy atom. The van der Waals surface area contributed by atoms with Gasteiger partial charge in [-0.05, 0) is 26.0 Å². The zero-order valence-electron chi connectivity index (χ0n) is 13.3. The van der Waals surface area contributed by atoms with Gasteiger partial charge in [-0.2, -0.15) is 0 Å². The molecule has 0 aliphatic rings. The lowest BCUT2D eigenvalue weighted by Gasteiger charge is -2.03. The van der Waals surface area contributed by atoms with Crippen LogP contribution >= 0.6 is 23.2 Å². The smallest absolute Gasteiger partial charge is 0.332 e. The minimum Gasteiger partial charge on any atom is -0.460 e. The van der Waals surface area contributed by atoms with E-state index in [0.29, 0.717) is 11.4 Å². The molecule has 0 aromatic carbocycles. The van der Waals surface area contributed by atoms with E-state index in [1.165, 1.54) is 23.3 Å². The number of halogens is 2. The van der Waals surface area contributed by atoms with Crippen LogP contribution < -0.4 is 0 Å². The van der Waals surface area contributed by atoms with Crippen molar-refractivity contribution in [3.8, 4) is 11.4 Å². The molecule has 6 nitrogen and oxygen atoms in total. The van der Waals surface area contributed by atoms with Gasteiger partial charge in [0.05, 0.1) is 6.10 Å². The highest BCUT2D eigenvalue weighted by Gasteiger charge is 2.07. The summed E-state index contributed by atoms with van der Waals surface area (Å²) >= 11 is 11.6. The van der Waals surface area contributed by atoms with Gasteiger partial charge in [0.2, 0.25) is 0 Å². The summed E-state index contributed by atoms with van der Waals surface area (Å²) in [5.41, 5.74) is 0.636. The Labute approximate surface area is 145 Å². The molecule has 0 atom stereocenters. The van der Waals surface area contributed by atoms with Crippen LogP contribution in [0.4, 0.5) is 0 Å². The van der Waals surface area contributed by atoms with Crippen LogP contribution in [0.1, 0.15) is 27.7 Å². The summed E-state index contributed by atoms with van der Waals surface area (Å²) in [6.45, 7) is 7.55. The van der Waals surface area contributed by atoms with Gasteiger partial charge in [0.15, 0.2) is 5.82 Å². The summed E-state index contributed by atoms with van der Waals surface area (Å²) < 4.78 is 6.35. The third-order valence-electron chi connectivity index (χ3n) is 2.24. The number of hydrogen-bond donors (Lipinski definition) is 0. The quantitative estimate of drug-likeness (QED) is 0.468. The Morgan fingerprint density at radius 1 is 1.26 bits per heavy atom. The van der Waals surface area contributed by atoms with Crippen LogP contribution in [0.5, 0.6) is 0 Å². The molecule has 23 heavy (non-hydrogen) atoms. The molecule has 2 heterocycles. The molecule has 0 aliphatic carbocycles. The third-order valence-corrected chi connectivity index (χ3v) is 2.63. The average molecular weight is 357 g/mol. The van der Waals surface area contributed by atoms with Crippen molar-refractivity contribution in [1.82, 2.24) is 19.7 Å². The molecule has 0 spiro atoms. The van der Waals surface area contributed by atoms with Crippen LogP contribution in [0.3, 0.4) is 0 Å². The van der Waals surface area contributed by atoms with E-state index in [9.17, 15) is 4.79 Å². The van der Waals surface area contributed by atoms with Gasteiger partial charge in [0.1, 0.15) is 16.6 Å². The highest BCUT2D eigenvalue weighted by Crippen LogP contribution is 2.21. The van der Waals surface area contributed by atoms with Crippen LogP contribution in [-0.2, 0) is 9.53 Å². The predicted octanol–water partition coefficient (Wildman–Crippen LogP) is 4.10. The van der Waals surface area contributed by atoms with Crippen molar-refractivity contribution < 1.29 is 9.53 Å². The average Bonchev–Trinajstić information content (AvgIpc) is 2.94. The molecule has 124 valence electrons. The minimum atomic E-state index is -0.447. The first-order valence-corrected chi connectivity index (χ1v) is 7.83. The Balaban J connectivity index is 0.00000127. The zero-order valence-corrected chi connectivity index (χ0v) is 14.8. The van der Waals surface area contributed by atoms with Gasteiger partial charge in [-0.1, -0.05) is 37.0 Å². The number of carbonyl (C=O) groups is 1. The Morgan fingerprint density at radius 3 is 2.43 bits per heavy atom. The molecule has 0 bridgehead atoms. The van der Waals surface area contributed by atoms with Crippen LogP contribution in [0.15, 0.2) is 24.5 Å². The summed E-state index contributed by atoms with van der Waals surface area (Å²) in [6.07, 6.45) is 4.00. The van der Waals surface area contributed by atoms with Gasteiger partial charge in [0, 0.05) is 17.8 Å². The van der Waals surface area contributed by atoms with E-state index in [0.717, 1.165) is 0 Å². The molecule has 2 aromatic heterocycles. The molecule has 0 radical (unpaired) electrons. The summed E-state index contributed by atoms with van der Waals surface area (Å²) in [5.74, 6) is -0.0277. The van der Waals surface area contributed by atoms with Crippen molar-refractivity contribution in [2.45, 2.75) is 33.8 Å². The van der Waals surface area contributed by atoms with E-state index < -0.39 is 5.97 Å². The SMILES string of the molecule is CC.CC(C)OC(=O)/C=C\n1cnc(-c2cc(Cl)nc(Cl)c2)n1. The van der Waals surface area contributed by atoms with Crippen LogP contribution in [0.2, 0.25) is 10.3 Å². The summed E-state index contributed by atoms with van der Waals surface area (Å²) in [4.78, 5) is 19.3. The van der Waals surface area contributed by atoms with Crippen molar-refractivity contribution in [2.75, 3.05) is 0 Å². The van der Waals surface area contributed by atoms with Crippen LogP contribution in [0, 0.1) is 0 Å². The molecular weight excluding hydrogens is 339 g/mol. The van der Waals surface area contributed by atoms with E-state index in [1.807, 2.05) is 13.8 Å². The first kappa shape index (κ1) is 19.1. The molecule has 0 saturated carbocycles. The van der Waals surface area contributed by atoms with Gasteiger partial charge in [-0.15, -0.1) is 5.10 Å². The molecular formula is C15H18Cl2N4O2. The Hall–Kier alpha value is -1.92. The van der Waals surface area contributed by atoms with Gasteiger partial charge in [0.25, 0.3) is 0 Å². The summed E-state index contributed by atoms with van der Waals surface area (Å²) in [5, 5.41) is 4.69. The second kappa shape index (κ2) is 9.27. The number of ether oxygens (including phenoxy) is 1. The van der Waals surface area contributed by atoms with Gasteiger partial charge < -0.3 is 4.74 Å². The predicted molar refractivity (Wildman–Crippen MR) is 91.2 cm³/mol. The van der Waals surface area contributed by atoms with Gasteiger partial charge in [-0.3, -0.25) is 0 Å².